The maximum atomic E-state index is 13.1. The molecule has 0 aliphatic rings. The Morgan fingerprint density at radius 2 is 2.08 bits per heavy atom. The molecule has 5 nitrogen and oxygen atoms in total. The van der Waals surface area contributed by atoms with E-state index < -0.39 is 11.9 Å². The summed E-state index contributed by atoms with van der Waals surface area (Å²) < 4.78 is 20.2. The van der Waals surface area contributed by atoms with E-state index >= 15 is 0 Å². The first-order chi connectivity index (χ1) is 12.0. The number of ether oxygens (including phenoxy) is 1. The summed E-state index contributed by atoms with van der Waals surface area (Å²) in [5.74, 6) is -0.0901. The number of fused-ring (bicyclic) bond motifs is 2. The van der Waals surface area contributed by atoms with Crippen LogP contribution in [0.2, 0.25) is 5.02 Å². The van der Waals surface area contributed by atoms with Gasteiger partial charge in [0.1, 0.15) is 17.7 Å². The van der Waals surface area contributed by atoms with Gasteiger partial charge in [-0.1, -0.05) is 35.1 Å². The molecule has 8 heteroatoms. The SMILES string of the molecule is C[C@@H](Oc1ccc(F)cc1Cl)c1nn2c(=O)c3ccccc3nc2s1. The largest absolute Gasteiger partial charge is 0.482 e. The molecule has 2 heterocycles. The molecule has 0 N–H and O–H groups in total. The van der Waals surface area contributed by atoms with Gasteiger partial charge in [-0.05, 0) is 37.3 Å². The molecule has 4 aromatic rings. The van der Waals surface area contributed by atoms with Crippen LogP contribution in [0.15, 0.2) is 47.3 Å². The van der Waals surface area contributed by atoms with Crippen molar-refractivity contribution in [2.75, 3.05) is 0 Å². The molecule has 0 unspecified atom stereocenters. The van der Waals surface area contributed by atoms with Crippen LogP contribution in [0.4, 0.5) is 4.39 Å². The van der Waals surface area contributed by atoms with Crippen molar-refractivity contribution in [1.29, 1.82) is 0 Å². The van der Waals surface area contributed by atoms with E-state index in [0.29, 0.717) is 26.6 Å². The normalized spacial score (nSPS) is 12.6. The number of benzene rings is 2. The summed E-state index contributed by atoms with van der Waals surface area (Å²) >= 11 is 7.25. The summed E-state index contributed by atoms with van der Waals surface area (Å²) in [6, 6.07) is 11.0. The first kappa shape index (κ1) is 16.0. The van der Waals surface area contributed by atoms with Crippen molar-refractivity contribution in [2.24, 2.45) is 0 Å². The van der Waals surface area contributed by atoms with Gasteiger partial charge in [0, 0.05) is 0 Å². The minimum Gasteiger partial charge on any atom is -0.482 e. The van der Waals surface area contributed by atoms with Crippen molar-refractivity contribution in [3.8, 4) is 5.75 Å². The number of nitrogens with zero attached hydrogens (tertiary/aromatic N) is 3. The van der Waals surface area contributed by atoms with Gasteiger partial charge >= 0.3 is 0 Å². The molecule has 4 rings (SSSR count). The Hall–Kier alpha value is -2.51. The highest BCUT2D eigenvalue weighted by molar-refractivity contribution is 7.16. The third-order valence-electron chi connectivity index (χ3n) is 3.66. The second-order valence-corrected chi connectivity index (χ2v) is 6.80. The van der Waals surface area contributed by atoms with Crippen LogP contribution in [0, 0.1) is 5.82 Å². The van der Waals surface area contributed by atoms with Crippen LogP contribution >= 0.6 is 22.9 Å². The molecule has 0 aliphatic carbocycles. The third kappa shape index (κ3) is 2.85. The standard InChI is InChI=1S/C17H11ClFN3O2S/c1-9(24-14-7-6-10(19)8-12(14)18)15-21-22-16(23)11-4-2-3-5-13(11)20-17(22)25-15/h2-9H,1H3/t9-/m1/s1. The predicted octanol–water partition coefficient (Wildman–Crippen LogP) is 4.24. The molecule has 0 spiro atoms. The predicted molar refractivity (Wildman–Crippen MR) is 95.1 cm³/mol. The minimum absolute atomic E-state index is 0.175. The highest BCUT2D eigenvalue weighted by Crippen LogP contribution is 2.30. The first-order valence-electron chi connectivity index (χ1n) is 7.43. The van der Waals surface area contributed by atoms with Crippen molar-refractivity contribution in [1.82, 2.24) is 14.6 Å². The van der Waals surface area contributed by atoms with Gasteiger partial charge in [0.2, 0.25) is 4.96 Å². The lowest BCUT2D eigenvalue weighted by molar-refractivity contribution is 0.225. The van der Waals surface area contributed by atoms with Gasteiger partial charge in [-0.15, -0.1) is 0 Å². The average Bonchev–Trinajstić information content (AvgIpc) is 3.02. The lowest BCUT2D eigenvalue weighted by atomic mass is 10.2. The minimum atomic E-state index is -0.475. The van der Waals surface area contributed by atoms with Crippen LogP contribution in [0.5, 0.6) is 5.75 Å². The summed E-state index contributed by atoms with van der Waals surface area (Å²) in [6.45, 7) is 1.78. The molecular weight excluding hydrogens is 365 g/mol. The van der Waals surface area contributed by atoms with Crippen LogP contribution in [0.25, 0.3) is 15.9 Å². The molecule has 2 aromatic heterocycles. The van der Waals surface area contributed by atoms with Crippen molar-refractivity contribution in [2.45, 2.75) is 13.0 Å². The van der Waals surface area contributed by atoms with Gasteiger partial charge in [0.25, 0.3) is 5.56 Å². The maximum absolute atomic E-state index is 13.1. The molecule has 1 atom stereocenters. The zero-order valence-electron chi connectivity index (χ0n) is 12.9. The van der Waals surface area contributed by atoms with Crippen LogP contribution in [0.3, 0.4) is 0 Å². The van der Waals surface area contributed by atoms with Crippen LogP contribution in [0.1, 0.15) is 18.0 Å². The van der Waals surface area contributed by atoms with Gasteiger partial charge in [-0.3, -0.25) is 4.79 Å². The summed E-state index contributed by atoms with van der Waals surface area (Å²) in [4.78, 5) is 17.5. The molecule has 0 saturated heterocycles. The highest BCUT2D eigenvalue weighted by atomic mass is 35.5. The van der Waals surface area contributed by atoms with Crippen molar-refractivity contribution < 1.29 is 9.13 Å². The Morgan fingerprint density at radius 1 is 1.28 bits per heavy atom. The summed E-state index contributed by atoms with van der Waals surface area (Å²) in [6.07, 6.45) is -0.475. The first-order valence-corrected chi connectivity index (χ1v) is 8.62. The molecule has 0 radical (unpaired) electrons. The molecule has 0 aliphatic heterocycles. The summed E-state index contributed by atoms with van der Waals surface area (Å²) in [5, 5.41) is 5.57. The van der Waals surface area contributed by atoms with E-state index in [2.05, 4.69) is 10.1 Å². The zero-order chi connectivity index (χ0) is 17.6. The third-order valence-corrected chi connectivity index (χ3v) is 5.03. The number of aromatic nitrogens is 3. The van der Waals surface area contributed by atoms with Gasteiger partial charge < -0.3 is 4.74 Å². The molecule has 2 aromatic carbocycles. The molecular formula is C17H11ClFN3O2S. The average molecular weight is 376 g/mol. The lowest BCUT2D eigenvalue weighted by Gasteiger charge is -2.12. The number of hydrogen-bond acceptors (Lipinski definition) is 5. The molecule has 0 amide bonds. The number of hydrogen-bond donors (Lipinski definition) is 0. The zero-order valence-corrected chi connectivity index (χ0v) is 14.5. The molecule has 25 heavy (non-hydrogen) atoms. The fraction of sp³-hybridized carbons (Fsp3) is 0.118. The Bertz CT molecular complexity index is 1160. The van der Waals surface area contributed by atoms with E-state index in [4.69, 9.17) is 16.3 Å². The Morgan fingerprint density at radius 3 is 2.88 bits per heavy atom. The topological polar surface area (TPSA) is 56.5 Å². The molecule has 0 bridgehead atoms. The van der Waals surface area contributed by atoms with Crippen LogP contribution < -0.4 is 10.3 Å². The monoisotopic (exact) mass is 375 g/mol. The van der Waals surface area contributed by atoms with Gasteiger partial charge in [-0.2, -0.15) is 9.61 Å². The van der Waals surface area contributed by atoms with Crippen LogP contribution in [-0.2, 0) is 0 Å². The van der Waals surface area contributed by atoms with E-state index in [1.54, 1.807) is 25.1 Å². The fourth-order valence-corrected chi connectivity index (χ4v) is 3.54. The second kappa shape index (κ2) is 6.09. The number of halogens is 2. The Kier molecular flexibility index (Phi) is 3.89. The van der Waals surface area contributed by atoms with Gasteiger partial charge in [-0.25, -0.2) is 9.37 Å². The van der Waals surface area contributed by atoms with Crippen molar-refractivity contribution >= 4 is 38.8 Å². The second-order valence-electron chi connectivity index (χ2n) is 5.40. The maximum Gasteiger partial charge on any atom is 0.283 e. The van der Waals surface area contributed by atoms with E-state index in [1.165, 1.54) is 34.1 Å². The van der Waals surface area contributed by atoms with Crippen molar-refractivity contribution in [3.05, 3.63) is 68.7 Å². The van der Waals surface area contributed by atoms with Crippen LogP contribution in [-0.4, -0.2) is 14.6 Å². The number of para-hydroxylation sites is 1. The summed E-state index contributed by atoms with van der Waals surface area (Å²) in [5.41, 5.74) is 0.396. The quantitative estimate of drug-likeness (QED) is 0.537. The molecule has 0 saturated carbocycles. The lowest BCUT2D eigenvalue weighted by Crippen LogP contribution is -2.15. The Balaban J connectivity index is 1.75. The fourth-order valence-electron chi connectivity index (χ4n) is 2.45. The Labute approximate surface area is 150 Å². The molecule has 126 valence electrons. The van der Waals surface area contributed by atoms with E-state index in [9.17, 15) is 9.18 Å². The van der Waals surface area contributed by atoms with E-state index in [-0.39, 0.29) is 10.6 Å². The van der Waals surface area contributed by atoms with Gasteiger partial charge in [0.05, 0.1) is 15.9 Å². The molecule has 0 fully saturated rings. The van der Waals surface area contributed by atoms with E-state index in [0.717, 1.165) is 0 Å². The van der Waals surface area contributed by atoms with Crippen molar-refractivity contribution in [3.63, 3.8) is 0 Å². The highest BCUT2D eigenvalue weighted by Gasteiger charge is 2.17. The van der Waals surface area contributed by atoms with E-state index in [1.807, 2.05) is 6.07 Å². The summed E-state index contributed by atoms with van der Waals surface area (Å²) in [7, 11) is 0. The van der Waals surface area contributed by atoms with Gasteiger partial charge in [0.15, 0.2) is 5.01 Å². The smallest absolute Gasteiger partial charge is 0.283 e. The number of rotatable bonds is 3.